The van der Waals surface area contributed by atoms with Crippen molar-refractivity contribution in [2.45, 2.75) is 51.2 Å². The van der Waals surface area contributed by atoms with Crippen molar-refractivity contribution in [2.24, 2.45) is 0 Å². The van der Waals surface area contributed by atoms with Gasteiger partial charge in [-0.25, -0.2) is 0 Å². The SMILES string of the molecule is CCc1cccc(OC2CCN(C(=O)C3CCC(=O)N3c3ccccc3)CC2)c1. The van der Waals surface area contributed by atoms with Crippen LogP contribution in [0.25, 0.3) is 0 Å². The van der Waals surface area contributed by atoms with Crippen LogP contribution in [-0.4, -0.2) is 41.9 Å². The summed E-state index contributed by atoms with van der Waals surface area (Å²) in [4.78, 5) is 29.2. The van der Waals surface area contributed by atoms with Crippen LogP contribution in [0.1, 0.15) is 38.2 Å². The van der Waals surface area contributed by atoms with E-state index >= 15 is 0 Å². The Morgan fingerprint density at radius 3 is 2.52 bits per heavy atom. The van der Waals surface area contributed by atoms with E-state index in [1.54, 1.807) is 4.90 Å². The predicted molar refractivity (Wildman–Crippen MR) is 113 cm³/mol. The number of anilines is 1. The standard InChI is InChI=1S/C24H28N2O3/c1-2-18-7-6-10-21(17-18)29-20-13-15-25(16-14-20)24(28)22-11-12-23(27)26(22)19-8-4-3-5-9-19/h3-10,17,20,22H,2,11-16H2,1H3. The van der Waals surface area contributed by atoms with E-state index in [4.69, 9.17) is 4.74 Å². The minimum absolute atomic E-state index is 0.0311. The highest BCUT2D eigenvalue weighted by Crippen LogP contribution is 2.29. The Balaban J connectivity index is 1.36. The average molecular weight is 392 g/mol. The number of carbonyl (C=O) groups excluding carboxylic acids is 2. The van der Waals surface area contributed by atoms with Crippen LogP contribution in [0.15, 0.2) is 54.6 Å². The Morgan fingerprint density at radius 2 is 1.79 bits per heavy atom. The zero-order valence-corrected chi connectivity index (χ0v) is 16.9. The van der Waals surface area contributed by atoms with Gasteiger partial charge in [-0.3, -0.25) is 14.5 Å². The predicted octanol–water partition coefficient (Wildman–Crippen LogP) is 3.81. The Kier molecular flexibility index (Phi) is 5.84. The maximum Gasteiger partial charge on any atom is 0.245 e. The number of nitrogens with zero attached hydrogens (tertiary/aromatic N) is 2. The van der Waals surface area contributed by atoms with Gasteiger partial charge in [0, 0.05) is 38.0 Å². The van der Waals surface area contributed by atoms with Gasteiger partial charge in [-0.15, -0.1) is 0 Å². The summed E-state index contributed by atoms with van der Waals surface area (Å²) in [5.74, 6) is 1.00. The first kappa shape index (κ1) is 19.5. The zero-order valence-electron chi connectivity index (χ0n) is 16.9. The van der Waals surface area contributed by atoms with E-state index < -0.39 is 0 Å². The number of rotatable bonds is 5. The maximum atomic E-state index is 13.2. The molecule has 4 rings (SSSR count). The van der Waals surface area contributed by atoms with Gasteiger partial charge >= 0.3 is 0 Å². The van der Waals surface area contributed by atoms with E-state index in [1.807, 2.05) is 47.4 Å². The largest absolute Gasteiger partial charge is 0.490 e. The van der Waals surface area contributed by atoms with Crippen LogP contribution in [0.3, 0.4) is 0 Å². The molecule has 0 saturated carbocycles. The van der Waals surface area contributed by atoms with Gasteiger partial charge in [0.05, 0.1) is 0 Å². The topological polar surface area (TPSA) is 49.9 Å². The van der Waals surface area contributed by atoms with Crippen molar-refractivity contribution in [3.8, 4) is 5.75 Å². The molecule has 0 bridgehead atoms. The van der Waals surface area contributed by atoms with Crippen molar-refractivity contribution >= 4 is 17.5 Å². The molecule has 0 aromatic heterocycles. The molecule has 29 heavy (non-hydrogen) atoms. The number of carbonyl (C=O) groups is 2. The summed E-state index contributed by atoms with van der Waals surface area (Å²) >= 11 is 0. The Hall–Kier alpha value is -2.82. The third-order valence-electron chi connectivity index (χ3n) is 5.89. The highest BCUT2D eigenvalue weighted by atomic mass is 16.5. The van der Waals surface area contributed by atoms with Crippen molar-refractivity contribution in [1.29, 1.82) is 0 Å². The fourth-order valence-corrected chi connectivity index (χ4v) is 4.27. The number of hydrogen-bond donors (Lipinski definition) is 0. The number of ether oxygens (including phenoxy) is 1. The molecule has 2 saturated heterocycles. The van der Waals surface area contributed by atoms with Gasteiger partial charge in [-0.1, -0.05) is 37.3 Å². The lowest BCUT2D eigenvalue weighted by atomic mass is 10.1. The number of aryl methyl sites for hydroxylation is 1. The Bertz CT molecular complexity index is 859. The second-order valence-corrected chi connectivity index (χ2v) is 7.80. The molecule has 2 heterocycles. The molecule has 2 aromatic carbocycles. The van der Waals surface area contributed by atoms with Crippen LogP contribution in [0.5, 0.6) is 5.75 Å². The molecular weight excluding hydrogens is 364 g/mol. The highest BCUT2D eigenvalue weighted by Gasteiger charge is 2.40. The third kappa shape index (κ3) is 4.29. The summed E-state index contributed by atoms with van der Waals surface area (Å²) < 4.78 is 6.16. The van der Waals surface area contributed by atoms with Crippen molar-refractivity contribution in [1.82, 2.24) is 4.90 Å². The maximum absolute atomic E-state index is 13.2. The summed E-state index contributed by atoms with van der Waals surface area (Å²) in [5, 5.41) is 0. The number of likely N-dealkylation sites (tertiary alicyclic amines) is 1. The van der Waals surface area contributed by atoms with Gasteiger partial charge < -0.3 is 9.64 Å². The molecule has 0 spiro atoms. The van der Waals surface area contributed by atoms with Gasteiger partial charge in [-0.2, -0.15) is 0 Å². The summed E-state index contributed by atoms with van der Waals surface area (Å²) in [5.41, 5.74) is 2.07. The molecule has 152 valence electrons. The number of para-hydroxylation sites is 1. The van der Waals surface area contributed by atoms with Crippen LogP contribution in [0, 0.1) is 0 Å². The summed E-state index contributed by atoms with van der Waals surface area (Å²) in [6.45, 7) is 3.48. The molecule has 0 N–H and O–H groups in total. The van der Waals surface area contributed by atoms with Gasteiger partial charge in [0.15, 0.2) is 0 Å². The summed E-state index contributed by atoms with van der Waals surface area (Å²) in [6.07, 6.45) is 3.76. The molecular formula is C24H28N2O3. The van der Waals surface area contributed by atoms with Gasteiger partial charge in [0.2, 0.25) is 11.8 Å². The zero-order chi connectivity index (χ0) is 20.2. The van der Waals surface area contributed by atoms with Crippen molar-refractivity contribution < 1.29 is 14.3 Å². The first-order valence-electron chi connectivity index (χ1n) is 10.6. The van der Waals surface area contributed by atoms with Crippen LogP contribution >= 0.6 is 0 Å². The average Bonchev–Trinajstić information content (AvgIpc) is 3.16. The molecule has 0 radical (unpaired) electrons. The molecule has 1 atom stereocenters. The second kappa shape index (κ2) is 8.68. The van der Waals surface area contributed by atoms with Gasteiger partial charge in [-0.05, 0) is 42.7 Å². The van der Waals surface area contributed by atoms with Crippen LogP contribution in [0.4, 0.5) is 5.69 Å². The quantitative estimate of drug-likeness (QED) is 0.777. The molecule has 0 aliphatic carbocycles. The number of amides is 2. The number of benzene rings is 2. The van der Waals surface area contributed by atoms with E-state index in [2.05, 4.69) is 19.1 Å². The fourth-order valence-electron chi connectivity index (χ4n) is 4.27. The first-order valence-corrected chi connectivity index (χ1v) is 10.6. The van der Waals surface area contributed by atoms with E-state index in [-0.39, 0.29) is 24.0 Å². The van der Waals surface area contributed by atoms with Crippen LogP contribution < -0.4 is 9.64 Å². The van der Waals surface area contributed by atoms with Crippen LogP contribution in [0.2, 0.25) is 0 Å². The molecule has 2 aliphatic heterocycles. The highest BCUT2D eigenvalue weighted by molar-refractivity contribution is 6.03. The smallest absolute Gasteiger partial charge is 0.245 e. The minimum Gasteiger partial charge on any atom is -0.490 e. The van der Waals surface area contributed by atoms with E-state index in [1.165, 1.54) is 5.56 Å². The van der Waals surface area contributed by atoms with Crippen molar-refractivity contribution in [3.05, 3.63) is 60.2 Å². The lowest BCUT2D eigenvalue weighted by Gasteiger charge is -2.35. The molecule has 2 aliphatic rings. The normalized spacial score (nSPS) is 20.2. The Labute approximate surface area is 172 Å². The molecule has 5 heteroatoms. The number of hydrogen-bond acceptors (Lipinski definition) is 3. The monoisotopic (exact) mass is 392 g/mol. The van der Waals surface area contributed by atoms with E-state index in [9.17, 15) is 9.59 Å². The van der Waals surface area contributed by atoms with Crippen molar-refractivity contribution in [3.63, 3.8) is 0 Å². The number of piperidine rings is 1. The van der Waals surface area contributed by atoms with Gasteiger partial charge in [0.1, 0.15) is 17.9 Å². The molecule has 5 nitrogen and oxygen atoms in total. The second-order valence-electron chi connectivity index (χ2n) is 7.80. The van der Waals surface area contributed by atoms with Crippen molar-refractivity contribution in [2.75, 3.05) is 18.0 Å². The molecule has 1 unspecified atom stereocenters. The first-order chi connectivity index (χ1) is 14.2. The van der Waals surface area contributed by atoms with Gasteiger partial charge in [0.25, 0.3) is 0 Å². The minimum atomic E-state index is -0.386. The lowest BCUT2D eigenvalue weighted by molar-refractivity contribution is -0.134. The Morgan fingerprint density at radius 1 is 1.03 bits per heavy atom. The van der Waals surface area contributed by atoms with Crippen LogP contribution in [-0.2, 0) is 16.0 Å². The molecule has 2 amide bonds. The fraction of sp³-hybridized carbons (Fsp3) is 0.417. The summed E-state index contributed by atoms with van der Waals surface area (Å²) in [7, 11) is 0. The van der Waals surface area contributed by atoms with E-state index in [0.29, 0.717) is 25.9 Å². The third-order valence-corrected chi connectivity index (χ3v) is 5.89. The lowest BCUT2D eigenvalue weighted by Crippen LogP contribution is -2.50. The molecule has 2 fully saturated rings. The van der Waals surface area contributed by atoms with E-state index in [0.717, 1.165) is 30.7 Å². The summed E-state index contributed by atoms with van der Waals surface area (Å²) in [6, 6.07) is 17.4. The molecule has 2 aromatic rings.